The van der Waals surface area contributed by atoms with E-state index in [1.165, 1.54) is 0 Å². The molecule has 0 radical (unpaired) electrons. The Balaban J connectivity index is 2.00. The lowest BCUT2D eigenvalue weighted by Gasteiger charge is -2.22. The molecule has 0 bridgehead atoms. The minimum Gasteiger partial charge on any atom is -0.396 e. The molecule has 1 aliphatic carbocycles. The molecule has 19 heavy (non-hydrogen) atoms. The monoisotopic (exact) mass is 262 g/mol. The van der Waals surface area contributed by atoms with E-state index in [9.17, 15) is 4.79 Å². The summed E-state index contributed by atoms with van der Waals surface area (Å²) in [6.07, 6.45) is 5.14. The van der Waals surface area contributed by atoms with E-state index in [-0.39, 0.29) is 12.5 Å². The Morgan fingerprint density at radius 3 is 2.79 bits per heavy atom. The molecule has 104 valence electrons. The van der Waals surface area contributed by atoms with E-state index < -0.39 is 5.54 Å². The molecule has 0 unspecified atom stereocenters. The number of aryl methyl sites for hydroxylation is 1. The second-order valence-electron chi connectivity index (χ2n) is 5.34. The molecule has 0 atom stereocenters. The molecular weight excluding hydrogens is 240 g/mol. The number of nitrogens with two attached hydrogens (primary N) is 1. The molecule has 0 heterocycles. The fourth-order valence-corrected chi connectivity index (χ4v) is 2.58. The third kappa shape index (κ3) is 3.55. The number of benzene rings is 1. The van der Waals surface area contributed by atoms with Crippen molar-refractivity contribution in [3.8, 4) is 0 Å². The first-order valence-corrected chi connectivity index (χ1v) is 6.94. The van der Waals surface area contributed by atoms with Crippen LogP contribution in [-0.4, -0.2) is 23.2 Å². The molecule has 1 fully saturated rings. The minimum absolute atomic E-state index is 0.0793. The van der Waals surface area contributed by atoms with Gasteiger partial charge in [-0.2, -0.15) is 0 Å². The smallest absolute Gasteiger partial charge is 0.244 e. The summed E-state index contributed by atoms with van der Waals surface area (Å²) in [6.45, 7) is 0.183. The van der Waals surface area contributed by atoms with Crippen molar-refractivity contribution < 1.29 is 9.90 Å². The summed E-state index contributed by atoms with van der Waals surface area (Å²) in [4.78, 5) is 12.2. The number of amides is 1. The number of aliphatic hydroxyl groups excluding tert-OH is 1. The zero-order valence-corrected chi connectivity index (χ0v) is 11.2. The van der Waals surface area contributed by atoms with Crippen LogP contribution in [0, 0.1) is 0 Å². The standard InChI is InChI=1S/C15H22N2O2/c16-15(8-1-2-9-15)14(19)17-13-7-3-5-12(11-13)6-4-10-18/h3,5,7,11,18H,1-2,4,6,8-10,16H2,(H,17,19). The van der Waals surface area contributed by atoms with Crippen molar-refractivity contribution in [1.29, 1.82) is 0 Å². The quantitative estimate of drug-likeness (QED) is 0.757. The number of carbonyl (C=O) groups excluding carboxylic acids is 1. The lowest BCUT2D eigenvalue weighted by Crippen LogP contribution is -2.48. The van der Waals surface area contributed by atoms with Gasteiger partial charge in [-0.25, -0.2) is 0 Å². The Kier molecular flexibility index (Phi) is 4.56. The molecule has 0 aromatic heterocycles. The highest BCUT2D eigenvalue weighted by molar-refractivity contribution is 5.98. The van der Waals surface area contributed by atoms with E-state index in [1.807, 2.05) is 24.3 Å². The molecule has 0 saturated heterocycles. The van der Waals surface area contributed by atoms with Crippen LogP contribution in [0.15, 0.2) is 24.3 Å². The van der Waals surface area contributed by atoms with E-state index in [0.29, 0.717) is 0 Å². The summed E-state index contributed by atoms with van der Waals surface area (Å²) in [5, 5.41) is 11.7. The van der Waals surface area contributed by atoms with Gasteiger partial charge in [0.2, 0.25) is 5.91 Å². The second-order valence-corrected chi connectivity index (χ2v) is 5.34. The zero-order valence-electron chi connectivity index (χ0n) is 11.2. The van der Waals surface area contributed by atoms with Gasteiger partial charge in [0.25, 0.3) is 0 Å². The van der Waals surface area contributed by atoms with Gasteiger partial charge in [0.1, 0.15) is 0 Å². The normalized spacial score (nSPS) is 17.4. The van der Waals surface area contributed by atoms with Crippen molar-refractivity contribution in [2.45, 2.75) is 44.1 Å². The van der Waals surface area contributed by atoms with E-state index >= 15 is 0 Å². The Hall–Kier alpha value is -1.39. The van der Waals surface area contributed by atoms with Crippen molar-refractivity contribution >= 4 is 11.6 Å². The number of nitrogens with one attached hydrogen (secondary N) is 1. The third-order valence-electron chi connectivity index (χ3n) is 3.76. The van der Waals surface area contributed by atoms with Crippen molar-refractivity contribution in [3.05, 3.63) is 29.8 Å². The first-order chi connectivity index (χ1) is 9.14. The number of aliphatic hydroxyl groups is 1. The van der Waals surface area contributed by atoms with Gasteiger partial charge in [-0.3, -0.25) is 4.79 Å². The Morgan fingerprint density at radius 1 is 1.37 bits per heavy atom. The van der Waals surface area contributed by atoms with Crippen LogP contribution in [0.25, 0.3) is 0 Å². The molecule has 4 nitrogen and oxygen atoms in total. The molecule has 4 N–H and O–H groups in total. The highest BCUT2D eigenvalue weighted by atomic mass is 16.2. The lowest BCUT2D eigenvalue weighted by molar-refractivity contribution is -0.121. The topological polar surface area (TPSA) is 75.4 Å². The van der Waals surface area contributed by atoms with E-state index in [4.69, 9.17) is 10.8 Å². The number of anilines is 1. The van der Waals surface area contributed by atoms with Crippen LogP contribution < -0.4 is 11.1 Å². The maximum atomic E-state index is 12.2. The number of hydrogen-bond acceptors (Lipinski definition) is 3. The third-order valence-corrected chi connectivity index (χ3v) is 3.76. The molecule has 1 aromatic rings. The maximum Gasteiger partial charge on any atom is 0.244 e. The number of hydrogen-bond donors (Lipinski definition) is 3. The average molecular weight is 262 g/mol. The maximum absolute atomic E-state index is 12.2. The van der Waals surface area contributed by atoms with Gasteiger partial charge in [0.05, 0.1) is 5.54 Å². The summed E-state index contributed by atoms with van der Waals surface area (Å²) in [7, 11) is 0. The van der Waals surface area contributed by atoms with Crippen LogP contribution in [0.3, 0.4) is 0 Å². The van der Waals surface area contributed by atoms with Gasteiger partial charge in [-0.15, -0.1) is 0 Å². The fourth-order valence-electron chi connectivity index (χ4n) is 2.58. The van der Waals surface area contributed by atoms with Crippen LogP contribution in [0.1, 0.15) is 37.7 Å². The zero-order chi connectivity index (χ0) is 13.7. The summed E-state index contributed by atoms with van der Waals surface area (Å²) in [5.41, 5.74) is 7.33. The van der Waals surface area contributed by atoms with Gasteiger partial charge < -0.3 is 16.2 Å². The molecule has 1 saturated carbocycles. The highest BCUT2D eigenvalue weighted by Crippen LogP contribution is 2.28. The molecule has 4 heteroatoms. The van der Waals surface area contributed by atoms with Crippen molar-refractivity contribution in [3.63, 3.8) is 0 Å². The fraction of sp³-hybridized carbons (Fsp3) is 0.533. The van der Waals surface area contributed by atoms with Crippen LogP contribution >= 0.6 is 0 Å². The Morgan fingerprint density at radius 2 is 2.11 bits per heavy atom. The molecule has 0 aliphatic heterocycles. The first kappa shape index (κ1) is 14.0. The average Bonchev–Trinajstić information content (AvgIpc) is 2.85. The van der Waals surface area contributed by atoms with Crippen LogP contribution in [-0.2, 0) is 11.2 Å². The molecule has 1 aliphatic rings. The van der Waals surface area contributed by atoms with Crippen molar-refractivity contribution in [2.75, 3.05) is 11.9 Å². The Bertz CT molecular complexity index is 440. The second kappa shape index (κ2) is 6.17. The molecule has 2 rings (SSSR count). The summed E-state index contributed by atoms with van der Waals surface area (Å²) >= 11 is 0. The largest absolute Gasteiger partial charge is 0.396 e. The Labute approximate surface area is 114 Å². The van der Waals surface area contributed by atoms with E-state index in [1.54, 1.807) is 0 Å². The van der Waals surface area contributed by atoms with E-state index in [0.717, 1.165) is 49.8 Å². The highest BCUT2D eigenvalue weighted by Gasteiger charge is 2.36. The van der Waals surface area contributed by atoms with Gasteiger partial charge in [0.15, 0.2) is 0 Å². The van der Waals surface area contributed by atoms with Gasteiger partial charge >= 0.3 is 0 Å². The van der Waals surface area contributed by atoms with Gasteiger partial charge in [-0.05, 0) is 43.4 Å². The predicted octanol–water partition coefficient (Wildman–Crippen LogP) is 1.82. The van der Waals surface area contributed by atoms with Gasteiger partial charge in [-0.1, -0.05) is 25.0 Å². The molecule has 1 amide bonds. The SMILES string of the molecule is NC1(C(=O)Nc2cccc(CCCO)c2)CCCC1. The summed E-state index contributed by atoms with van der Waals surface area (Å²) in [6, 6.07) is 7.74. The van der Waals surface area contributed by atoms with Crippen molar-refractivity contribution in [2.24, 2.45) is 5.73 Å². The van der Waals surface area contributed by atoms with E-state index in [2.05, 4.69) is 5.32 Å². The van der Waals surface area contributed by atoms with Crippen LogP contribution in [0.5, 0.6) is 0 Å². The summed E-state index contributed by atoms with van der Waals surface area (Å²) < 4.78 is 0. The minimum atomic E-state index is -0.693. The van der Waals surface area contributed by atoms with Gasteiger partial charge in [0, 0.05) is 12.3 Å². The number of rotatable bonds is 5. The summed E-state index contributed by atoms with van der Waals surface area (Å²) in [5.74, 6) is -0.0793. The first-order valence-electron chi connectivity index (χ1n) is 6.94. The predicted molar refractivity (Wildman–Crippen MR) is 75.9 cm³/mol. The lowest BCUT2D eigenvalue weighted by atomic mass is 9.98. The molecular formula is C15H22N2O2. The number of carbonyl (C=O) groups is 1. The van der Waals surface area contributed by atoms with Crippen LogP contribution in [0.4, 0.5) is 5.69 Å². The van der Waals surface area contributed by atoms with Crippen LogP contribution in [0.2, 0.25) is 0 Å². The molecule has 0 spiro atoms. The van der Waals surface area contributed by atoms with Crippen molar-refractivity contribution in [1.82, 2.24) is 0 Å². The molecule has 1 aromatic carbocycles.